The largest absolute Gasteiger partial charge is 0.505 e. The van der Waals surface area contributed by atoms with Gasteiger partial charge in [0, 0.05) is 0 Å². The number of hydrogen-bond acceptors (Lipinski definition) is 5. The fourth-order valence-corrected chi connectivity index (χ4v) is 2.79. The molecule has 0 aliphatic carbocycles. The molecule has 0 aliphatic heterocycles. The van der Waals surface area contributed by atoms with Crippen molar-refractivity contribution in [1.29, 1.82) is 0 Å². The normalized spacial score (nSPS) is 10.9. The van der Waals surface area contributed by atoms with Gasteiger partial charge in [0.2, 0.25) is 0 Å². The molecule has 0 unspecified atom stereocenters. The van der Waals surface area contributed by atoms with Crippen molar-refractivity contribution in [2.75, 3.05) is 11.8 Å². The van der Waals surface area contributed by atoms with Crippen LogP contribution in [0.25, 0.3) is 0 Å². The van der Waals surface area contributed by atoms with E-state index in [4.69, 9.17) is 0 Å². The van der Waals surface area contributed by atoms with Crippen molar-refractivity contribution in [2.45, 2.75) is 4.90 Å². The van der Waals surface area contributed by atoms with E-state index in [2.05, 4.69) is 9.46 Å². The van der Waals surface area contributed by atoms with Gasteiger partial charge in [-0.1, -0.05) is 24.3 Å². The van der Waals surface area contributed by atoms with E-state index in [0.717, 1.165) is 0 Å². The minimum absolute atomic E-state index is 0.0490. The van der Waals surface area contributed by atoms with Gasteiger partial charge in [0.1, 0.15) is 5.56 Å². The lowest BCUT2D eigenvalue weighted by Crippen LogP contribution is -2.13. The van der Waals surface area contributed by atoms with Gasteiger partial charge in [0.05, 0.1) is 17.7 Å². The predicted octanol–water partition coefficient (Wildman–Crippen LogP) is 1.98. The summed E-state index contributed by atoms with van der Waals surface area (Å²) in [4.78, 5) is 11.5. The third-order valence-electron chi connectivity index (χ3n) is 2.74. The molecule has 0 radical (unpaired) electrons. The molecule has 0 bridgehead atoms. The summed E-state index contributed by atoms with van der Waals surface area (Å²) in [7, 11) is -2.68. The second kappa shape index (κ2) is 5.84. The van der Waals surface area contributed by atoms with E-state index < -0.39 is 21.7 Å². The van der Waals surface area contributed by atoms with E-state index in [9.17, 15) is 18.3 Å². The van der Waals surface area contributed by atoms with Crippen LogP contribution in [0.5, 0.6) is 5.75 Å². The minimum atomic E-state index is -3.85. The van der Waals surface area contributed by atoms with Gasteiger partial charge >= 0.3 is 5.97 Å². The zero-order chi connectivity index (χ0) is 15.5. The SMILES string of the molecule is COC(=O)c1cccc(NS(=O)(=O)c2ccccc2)c1O. The summed E-state index contributed by atoms with van der Waals surface area (Å²) in [5, 5.41) is 9.97. The quantitative estimate of drug-likeness (QED) is 0.665. The molecule has 0 heterocycles. The first-order valence-electron chi connectivity index (χ1n) is 5.94. The average molecular weight is 307 g/mol. The number of sulfonamides is 1. The Labute approximate surface area is 122 Å². The Kier molecular flexibility index (Phi) is 4.13. The lowest BCUT2D eigenvalue weighted by molar-refractivity contribution is 0.0597. The van der Waals surface area contributed by atoms with E-state index in [1.165, 1.54) is 37.4 Å². The highest BCUT2D eigenvalue weighted by Crippen LogP contribution is 2.29. The summed E-state index contributed by atoms with van der Waals surface area (Å²) < 4.78 is 31.1. The van der Waals surface area contributed by atoms with E-state index in [1.54, 1.807) is 18.2 Å². The van der Waals surface area contributed by atoms with Gasteiger partial charge in [-0.25, -0.2) is 13.2 Å². The zero-order valence-corrected chi connectivity index (χ0v) is 11.9. The van der Waals surface area contributed by atoms with Crippen molar-refractivity contribution in [3.63, 3.8) is 0 Å². The number of phenolic OH excluding ortho intramolecular Hbond substituents is 1. The number of carbonyl (C=O) groups excluding carboxylic acids is 1. The maximum absolute atomic E-state index is 12.2. The molecule has 0 amide bonds. The maximum Gasteiger partial charge on any atom is 0.341 e. The minimum Gasteiger partial charge on any atom is -0.505 e. The third kappa shape index (κ3) is 3.14. The summed E-state index contributed by atoms with van der Waals surface area (Å²) in [5.74, 6) is -1.24. The zero-order valence-electron chi connectivity index (χ0n) is 11.1. The van der Waals surface area contributed by atoms with Crippen LogP contribution < -0.4 is 4.72 Å². The first-order chi connectivity index (χ1) is 9.95. The number of aromatic hydroxyl groups is 1. The van der Waals surface area contributed by atoms with Crippen molar-refractivity contribution in [1.82, 2.24) is 0 Å². The van der Waals surface area contributed by atoms with Crippen molar-refractivity contribution in [3.8, 4) is 5.75 Å². The van der Waals surface area contributed by atoms with Crippen LogP contribution >= 0.6 is 0 Å². The number of esters is 1. The average Bonchev–Trinajstić information content (AvgIpc) is 2.49. The highest BCUT2D eigenvalue weighted by molar-refractivity contribution is 7.92. The number of phenols is 1. The topological polar surface area (TPSA) is 92.7 Å². The molecule has 0 aliphatic rings. The molecule has 0 saturated carbocycles. The molecule has 2 N–H and O–H groups in total. The van der Waals surface area contributed by atoms with Gasteiger partial charge in [-0.05, 0) is 24.3 Å². The molecule has 2 aromatic rings. The summed E-state index contributed by atoms with van der Waals surface area (Å²) in [6, 6.07) is 11.8. The first kappa shape index (κ1) is 14.9. The van der Waals surface area contributed by atoms with Crippen LogP contribution in [-0.2, 0) is 14.8 Å². The van der Waals surface area contributed by atoms with E-state index >= 15 is 0 Å². The monoisotopic (exact) mass is 307 g/mol. The molecule has 7 heteroatoms. The number of hydrogen-bond donors (Lipinski definition) is 2. The predicted molar refractivity (Wildman–Crippen MR) is 76.7 cm³/mol. The van der Waals surface area contributed by atoms with Gasteiger partial charge in [-0.3, -0.25) is 4.72 Å². The number of rotatable bonds is 4. The number of para-hydroxylation sites is 1. The number of methoxy groups -OCH3 is 1. The molecule has 21 heavy (non-hydrogen) atoms. The van der Waals surface area contributed by atoms with Crippen LogP contribution in [0.2, 0.25) is 0 Å². The van der Waals surface area contributed by atoms with Crippen molar-refractivity contribution < 1.29 is 23.1 Å². The first-order valence-corrected chi connectivity index (χ1v) is 7.42. The summed E-state index contributed by atoms with van der Waals surface area (Å²) in [6.45, 7) is 0. The standard InChI is InChI=1S/C14H13NO5S/c1-20-14(17)11-8-5-9-12(13(11)16)15-21(18,19)10-6-3-2-4-7-10/h2-9,15-16H,1H3. The number of nitrogens with one attached hydrogen (secondary N) is 1. The number of benzene rings is 2. The molecule has 110 valence electrons. The van der Waals surface area contributed by atoms with Gasteiger partial charge in [-0.2, -0.15) is 0 Å². The summed E-state index contributed by atoms with van der Waals surface area (Å²) in [6.07, 6.45) is 0. The third-order valence-corrected chi connectivity index (χ3v) is 4.12. The Bertz CT molecular complexity index is 756. The van der Waals surface area contributed by atoms with Gasteiger partial charge in [0.25, 0.3) is 10.0 Å². The van der Waals surface area contributed by atoms with Crippen LogP contribution in [0, 0.1) is 0 Å². The molecule has 0 aromatic heterocycles. The smallest absolute Gasteiger partial charge is 0.341 e. The van der Waals surface area contributed by atoms with Crippen molar-refractivity contribution in [2.24, 2.45) is 0 Å². The highest BCUT2D eigenvalue weighted by Gasteiger charge is 2.19. The number of ether oxygens (including phenoxy) is 1. The molecule has 0 atom stereocenters. The van der Waals surface area contributed by atoms with E-state index in [0.29, 0.717) is 0 Å². The van der Waals surface area contributed by atoms with Gasteiger partial charge in [0.15, 0.2) is 5.75 Å². The molecular formula is C14H13NO5S. The highest BCUT2D eigenvalue weighted by atomic mass is 32.2. The molecule has 0 spiro atoms. The second-order valence-corrected chi connectivity index (χ2v) is 5.79. The van der Waals surface area contributed by atoms with Gasteiger partial charge in [-0.15, -0.1) is 0 Å². The lowest BCUT2D eigenvalue weighted by atomic mass is 10.2. The van der Waals surface area contributed by atoms with Crippen molar-refractivity contribution >= 4 is 21.7 Å². The summed E-state index contributed by atoms with van der Waals surface area (Å²) >= 11 is 0. The van der Waals surface area contributed by atoms with Crippen LogP contribution in [0.3, 0.4) is 0 Å². The Morgan fingerprint density at radius 2 is 1.76 bits per heavy atom. The fourth-order valence-electron chi connectivity index (χ4n) is 1.70. The van der Waals surface area contributed by atoms with Crippen LogP contribution in [-0.4, -0.2) is 26.6 Å². The summed E-state index contributed by atoms with van der Waals surface area (Å²) in [5.41, 5.74) is -0.215. The lowest BCUT2D eigenvalue weighted by Gasteiger charge is -2.11. The van der Waals surface area contributed by atoms with Crippen LogP contribution in [0.4, 0.5) is 5.69 Å². The van der Waals surface area contributed by atoms with Crippen LogP contribution in [0.15, 0.2) is 53.4 Å². The Hall–Kier alpha value is -2.54. The number of anilines is 1. The maximum atomic E-state index is 12.2. The van der Waals surface area contributed by atoms with E-state index in [-0.39, 0.29) is 16.1 Å². The molecule has 2 rings (SSSR count). The molecule has 2 aromatic carbocycles. The van der Waals surface area contributed by atoms with E-state index in [1.807, 2.05) is 0 Å². The molecule has 0 saturated heterocycles. The Morgan fingerprint density at radius 3 is 2.38 bits per heavy atom. The number of carbonyl (C=O) groups is 1. The Balaban J connectivity index is 2.39. The van der Waals surface area contributed by atoms with Crippen molar-refractivity contribution in [3.05, 3.63) is 54.1 Å². The molecule has 6 nitrogen and oxygen atoms in total. The molecule has 0 fully saturated rings. The second-order valence-electron chi connectivity index (χ2n) is 4.11. The Morgan fingerprint density at radius 1 is 1.10 bits per heavy atom. The van der Waals surface area contributed by atoms with Crippen LogP contribution in [0.1, 0.15) is 10.4 Å². The fraction of sp³-hybridized carbons (Fsp3) is 0.0714. The van der Waals surface area contributed by atoms with Gasteiger partial charge < -0.3 is 9.84 Å². The molecular weight excluding hydrogens is 294 g/mol.